The van der Waals surface area contributed by atoms with E-state index < -0.39 is 12.2 Å². The molecule has 0 amide bonds. The average molecular weight is 256 g/mol. The minimum Gasteiger partial charge on any atom is -0.389 e. The second-order valence-corrected chi connectivity index (χ2v) is 5.96. The van der Waals surface area contributed by atoms with Gasteiger partial charge in [-0.1, -0.05) is 12.8 Å². The molecule has 2 heterocycles. The molecule has 106 valence electrons. The number of likely N-dealkylation sites (N-methyl/N-ethyl adjacent to an activating group) is 1. The Labute approximate surface area is 111 Å². The Hall–Kier alpha value is -0.160. The molecule has 0 saturated carbocycles. The molecule has 3 atom stereocenters. The molecule has 0 radical (unpaired) electrons. The van der Waals surface area contributed by atoms with Crippen LogP contribution in [0.15, 0.2) is 0 Å². The van der Waals surface area contributed by atoms with Gasteiger partial charge in [0.2, 0.25) is 0 Å². The molecule has 0 bridgehead atoms. The van der Waals surface area contributed by atoms with Crippen LogP contribution in [0, 0.1) is 0 Å². The average Bonchev–Trinajstić information content (AvgIpc) is 2.39. The van der Waals surface area contributed by atoms with Crippen molar-refractivity contribution < 1.29 is 10.2 Å². The fourth-order valence-electron chi connectivity index (χ4n) is 3.30. The number of piperidine rings is 2. The maximum absolute atomic E-state index is 10.3. The molecule has 2 N–H and O–H groups in total. The summed E-state index contributed by atoms with van der Waals surface area (Å²) in [5.41, 5.74) is 0. The molecule has 0 aromatic rings. The topological polar surface area (TPSA) is 46.9 Å². The summed E-state index contributed by atoms with van der Waals surface area (Å²) in [6.07, 6.45) is 5.95. The van der Waals surface area contributed by atoms with Gasteiger partial charge in [-0.3, -0.25) is 0 Å². The van der Waals surface area contributed by atoms with E-state index in [9.17, 15) is 10.2 Å². The monoisotopic (exact) mass is 256 g/mol. The van der Waals surface area contributed by atoms with Gasteiger partial charge in [0.05, 0.1) is 12.2 Å². The summed E-state index contributed by atoms with van der Waals surface area (Å²) >= 11 is 0. The van der Waals surface area contributed by atoms with Crippen LogP contribution >= 0.6 is 0 Å². The van der Waals surface area contributed by atoms with Gasteiger partial charge in [0.1, 0.15) is 0 Å². The van der Waals surface area contributed by atoms with Crippen LogP contribution in [0.25, 0.3) is 0 Å². The number of likely N-dealkylation sites (tertiary alicyclic amines) is 2. The Morgan fingerprint density at radius 2 is 1.67 bits per heavy atom. The predicted molar refractivity (Wildman–Crippen MR) is 72.6 cm³/mol. The van der Waals surface area contributed by atoms with E-state index in [1.54, 1.807) is 0 Å². The standard InChI is InChI=1S/C14H28N2O2/c1-15-8-6-3-7-12(15)14(18)13(17)11-16-9-4-2-5-10-16/h12-14,17-18H,2-11H2,1H3. The fraction of sp³-hybridized carbons (Fsp3) is 1.00. The molecule has 2 aliphatic rings. The van der Waals surface area contributed by atoms with Crippen molar-refractivity contribution in [1.29, 1.82) is 0 Å². The van der Waals surface area contributed by atoms with Gasteiger partial charge < -0.3 is 20.0 Å². The molecule has 2 aliphatic heterocycles. The van der Waals surface area contributed by atoms with Crippen molar-refractivity contribution in [2.75, 3.05) is 33.2 Å². The first-order chi connectivity index (χ1) is 8.68. The quantitative estimate of drug-likeness (QED) is 0.776. The van der Waals surface area contributed by atoms with Crippen LogP contribution in [0.1, 0.15) is 38.5 Å². The highest BCUT2D eigenvalue weighted by Gasteiger charge is 2.32. The van der Waals surface area contributed by atoms with E-state index in [4.69, 9.17) is 0 Å². The number of nitrogens with zero attached hydrogens (tertiary/aromatic N) is 2. The second-order valence-electron chi connectivity index (χ2n) is 5.96. The van der Waals surface area contributed by atoms with Crippen molar-refractivity contribution in [3.8, 4) is 0 Å². The Morgan fingerprint density at radius 1 is 1.00 bits per heavy atom. The number of hydrogen-bond acceptors (Lipinski definition) is 4. The maximum atomic E-state index is 10.3. The normalized spacial score (nSPS) is 31.2. The molecule has 2 rings (SSSR count). The Morgan fingerprint density at radius 3 is 2.33 bits per heavy atom. The van der Waals surface area contributed by atoms with Gasteiger partial charge in [-0.15, -0.1) is 0 Å². The molecule has 0 aliphatic carbocycles. The van der Waals surface area contributed by atoms with Crippen LogP contribution < -0.4 is 0 Å². The highest BCUT2D eigenvalue weighted by molar-refractivity contribution is 4.86. The summed E-state index contributed by atoms with van der Waals surface area (Å²) in [6, 6.07) is 0.138. The van der Waals surface area contributed by atoms with Gasteiger partial charge >= 0.3 is 0 Å². The molecule has 4 nitrogen and oxygen atoms in total. The van der Waals surface area contributed by atoms with Crippen LogP contribution in [-0.2, 0) is 0 Å². The zero-order chi connectivity index (χ0) is 13.0. The fourth-order valence-corrected chi connectivity index (χ4v) is 3.30. The van der Waals surface area contributed by atoms with E-state index in [1.807, 2.05) is 0 Å². The largest absolute Gasteiger partial charge is 0.389 e. The zero-order valence-corrected chi connectivity index (χ0v) is 11.6. The van der Waals surface area contributed by atoms with Gasteiger partial charge in [0.15, 0.2) is 0 Å². The Kier molecular flexibility index (Phi) is 5.42. The summed E-state index contributed by atoms with van der Waals surface area (Å²) in [5, 5.41) is 20.5. The molecule has 3 unspecified atom stereocenters. The van der Waals surface area contributed by atoms with Crippen LogP contribution in [0.3, 0.4) is 0 Å². The first-order valence-electron chi connectivity index (χ1n) is 7.47. The lowest BCUT2D eigenvalue weighted by molar-refractivity contribution is -0.0561. The summed E-state index contributed by atoms with van der Waals surface area (Å²) in [7, 11) is 2.06. The van der Waals surface area contributed by atoms with Crippen molar-refractivity contribution in [3.63, 3.8) is 0 Å². The highest BCUT2D eigenvalue weighted by Crippen LogP contribution is 2.20. The molecule has 0 aromatic heterocycles. The van der Waals surface area contributed by atoms with Crippen LogP contribution in [0.4, 0.5) is 0 Å². The van der Waals surface area contributed by atoms with Gasteiger partial charge in [-0.05, 0) is 52.4 Å². The molecule has 18 heavy (non-hydrogen) atoms. The van der Waals surface area contributed by atoms with Crippen molar-refractivity contribution >= 4 is 0 Å². The number of hydrogen-bond donors (Lipinski definition) is 2. The Balaban J connectivity index is 1.81. The van der Waals surface area contributed by atoms with Crippen molar-refractivity contribution in [2.24, 2.45) is 0 Å². The third kappa shape index (κ3) is 3.67. The maximum Gasteiger partial charge on any atom is 0.0966 e. The van der Waals surface area contributed by atoms with Crippen LogP contribution in [0.5, 0.6) is 0 Å². The number of aliphatic hydroxyl groups is 2. The highest BCUT2D eigenvalue weighted by atomic mass is 16.3. The Bertz CT molecular complexity index is 244. The first kappa shape index (κ1) is 14.3. The van der Waals surface area contributed by atoms with Gasteiger partial charge in [0, 0.05) is 12.6 Å². The van der Waals surface area contributed by atoms with E-state index in [0.29, 0.717) is 6.54 Å². The van der Waals surface area contributed by atoms with Crippen LogP contribution in [-0.4, -0.2) is 71.5 Å². The zero-order valence-electron chi connectivity index (χ0n) is 11.6. The summed E-state index contributed by atoms with van der Waals surface area (Å²) < 4.78 is 0. The van der Waals surface area contributed by atoms with Gasteiger partial charge in [-0.25, -0.2) is 0 Å². The van der Waals surface area contributed by atoms with E-state index >= 15 is 0 Å². The van der Waals surface area contributed by atoms with Crippen molar-refractivity contribution in [1.82, 2.24) is 9.80 Å². The third-order valence-corrected chi connectivity index (χ3v) is 4.51. The summed E-state index contributed by atoms with van der Waals surface area (Å²) in [4.78, 5) is 4.49. The smallest absolute Gasteiger partial charge is 0.0966 e. The van der Waals surface area contributed by atoms with Crippen molar-refractivity contribution in [3.05, 3.63) is 0 Å². The third-order valence-electron chi connectivity index (χ3n) is 4.51. The van der Waals surface area contributed by atoms with Gasteiger partial charge in [0.25, 0.3) is 0 Å². The van der Waals surface area contributed by atoms with Crippen molar-refractivity contribution in [2.45, 2.75) is 56.8 Å². The van der Waals surface area contributed by atoms with E-state index in [1.165, 1.54) is 32.1 Å². The second kappa shape index (κ2) is 6.85. The molecule has 0 aromatic carbocycles. The predicted octanol–water partition coefficient (Wildman–Crippen LogP) is 0.678. The SMILES string of the molecule is CN1CCCCC1C(O)C(O)CN1CCCCC1. The lowest BCUT2D eigenvalue weighted by Crippen LogP contribution is -2.52. The lowest BCUT2D eigenvalue weighted by Gasteiger charge is -2.39. The lowest BCUT2D eigenvalue weighted by atomic mass is 9.94. The molecular weight excluding hydrogens is 228 g/mol. The van der Waals surface area contributed by atoms with E-state index in [-0.39, 0.29) is 6.04 Å². The molecule has 2 fully saturated rings. The molecule has 0 spiro atoms. The van der Waals surface area contributed by atoms with Gasteiger partial charge in [-0.2, -0.15) is 0 Å². The number of β-amino-alcohol motifs (C(OH)–C–C–N with tert-alkyl or cyclic N) is 1. The minimum atomic E-state index is -0.603. The first-order valence-corrected chi connectivity index (χ1v) is 7.47. The number of aliphatic hydroxyl groups excluding tert-OH is 2. The number of rotatable bonds is 4. The summed E-state index contributed by atoms with van der Waals surface area (Å²) in [6.45, 7) is 3.82. The van der Waals surface area contributed by atoms with E-state index in [0.717, 1.165) is 26.1 Å². The molecule has 2 saturated heterocycles. The molecule has 4 heteroatoms. The van der Waals surface area contributed by atoms with E-state index in [2.05, 4.69) is 16.8 Å². The van der Waals surface area contributed by atoms with Crippen LogP contribution in [0.2, 0.25) is 0 Å². The molecular formula is C14H28N2O2. The minimum absolute atomic E-state index is 0.138. The summed E-state index contributed by atoms with van der Waals surface area (Å²) in [5.74, 6) is 0.